The number of aliphatic hydroxyl groups is 2. The Bertz CT molecular complexity index is 459. The van der Waals surface area contributed by atoms with E-state index in [0.717, 1.165) is 0 Å². The highest BCUT2D eigenvalue weighted by atomic mass is 16.5. The molecule has 1 fully saturated rings. The van der Waals surface area contributed by atoms with E-state index in [2.05, 4.69) is 4.98 Å². The Hall–Kier alpha value is -1.44. The summed E-state index contributed by atoms with van der Waals surface area (Å²) in [5.41, 5.74) is 5.37. The topological polar surface area (TPSA) is 111 Å². The van der Waals surface area contributed by atoms with Crippen molar-refractivity contribution in [1.82, 2.24) is 9.55 Å². The molecule has 1 aromatic heterocycles. The molecule has 2 heterocycles. The van der Waals surface area contributed by atoms with Gasteiger partial charge in [-0.3, -0.25) is 4.57 Å². The minimum Gasteiger partial charge on any atom is -0.394 e. The minimum atomic E-state index is -0.511. The molecule has 0 saturated carbocycles. The molecule has 17 heavy (non-hydrogen) atoms. The Morgan fingerprint density at radius 2 is 2.29 bits per heavy atom. The molecule has 1 aromatic rings. The SMILES string of the molecule is Nc1nc(=O)n(C2CCC(CO)O2)cc1CO. The average Bonchev–Trinajstić information content (AvgIpc) is 2.78. The summed E-state index contributed by atoms with van der Waals surface area (Å²) in [5, 5.41) is 18.0. The predicted octanol–water partition coefficient (Wildman–Crippen LogP) is -1.01. The first-order valence-electron chi connectivity index (χ1n) is 5.40. The zero-order valence-corrected chi connectivity index (χ0v) is 9.24. The Labute approximate surface area is 97.5 Å². The van der Waals surface area contributed by atoms with Gasteiger partial charge in [-0.05, 0) is 12.8 Å². The van der Waals surface area contributed by atoms with E-state index < -0.39 is 11.9 Å². The van der Waals surface area contributed by atoms with Crippen LogP contribution < -0.4 is 11.4 Å². The number of aliphatic hydroxyl groups excluding tert-OH is 2. The van der Waals surface area contributed by atoms with Gasteiger partial charge in [0.05, 0.1) is 19.3 Å². The number of hydrogen-bond donors (Lipinski definition) is 3. The van der Waals surface area contributed by atoms with Crippen molar-refractivity contribution in [2.75, 3.05) is 12.3 Å². The van der Waals surface area contributed by atoms with E-state index in [9.17, 15) is 4.79 Å². The summed E-state index contributed by atoms with van der Waals surface area (Å²) in [4.78, 5) is 15.3. The van der Waals surface area contributed by atoms with Crippen LogP contribution in [0.1, 0.15) is 24.6 Å². The molecule has 0 aliphatic carbocycles. The van der Waals surface area contributed by atoms with E-state index in [-0.39, 0.29) is 25.1 Å². The second-order valence-electron chi connectivity index (χ2n) is 3.97. The normalized spacial score (nSPS) is 24.1. The van der Waals surface area contributed by atoms with E-state index in [1.54, 1.807) is 0 Å². The van der Waals surface area contributed by atoms with Gasteiger partial charge >= 0.3 is 5.69 Å². The number of anilines is 1. The van der Waals surface area contributed by atoms with Crippen LogP contribution >= 0.6 is 0 Å². The predicted molar refractivity (Wildman–Crippen MR) is 59.1 cm³/mol. The fraction of sp³-hybridized carbons (Fsp3) is 0.600. The van der Waals surface area contributed by atoms with Gasteiger partial charge in [0.25, 0.3) is 0 Å². The molecular formula is C10H15N3O4. The third-order valence-electron chi connectivity index (χ3n) is 2.83. The molecule has 0 amide bonds. The van der Waals surface area contributed by atoms with Crippen LogP contribution in [0.3, 0.4) is 0 Å². The average molecular weight is 241 g/mol. The molecule has 1 aliphatic heterocycles. The quantitative estimate of drug-likeness (QED) is 0.625. The molecule has 2 unspecified atom stereocenters. The monoisotopic (exact) mass is 241 g/mol. The number of hydrogen-bond acceptors (Lipinski definition) is 6. The van der Waals surface area contributed by atoms with Crippen molar-refractivity contribution in [2.45, 2.75) is 31.8 Å². The highest BCUT2D eigenvalue weighted by Crippen LogP contribution is 2.27. The van der Waals surface area contributed by atoms with Crippen molar-refractivity contribution < 1.29 is 14.9 Å². The molecule has 0 radical (unpaired) electrons. The van der Waals surface area contributed by atoms with Crippen LogP contribution in [0.2, 0.25) is 0 Å². The molecule has 2 rings (SSSR count). The Morgan fingerprint density at radius 1 is 1.53 bits per heavy atom. The molecule has 2 atom stereocenters. The number of rotatable bonds is 3. The first-order valence-corrected chi connectivity index (χ1v) is 5.40. The van der Waals surface area contributed by atoms with Crippen molar-refractivity contribution in [1.29, 1.82) is 0 Å². The van der Waals surface area contributed by atoms with Gasteiger partial charge in [-0.15, -0.1) is 0 Å². The summed E-state index contributed by atoms with van der Waals surface area (Å²) in [6.07, 6.45) is 2.07. The van der Waals surface area contributed by atoms with Crippen LogP contribution in [0.15, 0.2) is 11.0 Å². The molecule has 1 aliphatic rings. The van der Waals surface area contributed by atoms with E-state index in [0.29, 0.717) is 18.4 Å². The lowest BCUT2D eigenvalue weighted by molar-refractivity contribution is -0.0247. The van der Waals surface area contributed by atoms with Crippen molar-refractivity contribution >= 4 is 5.82 Å². The van der Waals surface area contributed by atoms with Crippen LogP contribution in [0.25, 0.3) is 0 Å². The molecule has 94 valence electrons. The third-order valence-corrected chi connectivity index (χ3v) is 2.83. The lowest BCUT2D eigenvalue weighted by Crippen LogP contribution is -2.29. The van der Waals surface area contributed by atoms with Gasteiger partial charge in [-0.2, -0.15) is 4.98 Å². The maximum Gasteiger partial charge on any atom is 0.351 e. The van der Waals surface area contributed by atoms with Crippen molar-refractivity contribution in [2.24, 2.45) is 0 Å². The summed E-state index contributed by atoms with van der Waals surface area (Å²) in [6, 6.07) is 0. The Morgan fingerprint density at radius 3 is 2.88 bits per heavy atom. The fourth-order valence-electron chi connectivity index (χ4n) is 1.88. The van der Waals surface area contributed by atoms with Crippen LogP contribution in [-0.2, 0) is 11.3 Å². The molecule has 0 spiro atoms. The zero-order valence-electron chi connectivity index (χ0n) is 9.24. The Kier molecular flexibility index (Phi) is 3.41. The van der Waals surface area contributed by atoms with Gasteiger partial charge < -0.3 is 20.7 Å². The van der Waals surface area contributed by atoms with Gasteiger partial charge in [-0.1, -0.05) is 0 Å². The molecule has 7 heteroatoms. The molecule has 4 N–H and O–H groups in total. The summed E-state index contributed by atoms with van der Waals surface area (Å²) in [5.74, 6) is 0.0328. The number of nitrogen functional groups attached to an aromatic ring is 1. The summed E-state index contributed by atoms with van der Waals surface area (Å²) in [6.45, 7) is -0.351. The molecule has 7 nitrogen and oxygen atoms in total. The lowest BCUT2D eigenvalue weighted by atomic mass is 10.2. The van der Waals surface area contributed by atoms with E-state index >= 15 is 0 Å². The van der Waals surface area contributed by atoms with E-state index in [4.69, 9.17) is 20.7 Å². The second kappa shape index (κ2) is 4.82. The number of ether oxygens (including phenoxy) is 1. The molecule has 0 aromatic carbocycles. The Balaban J connectivity index is 2.30. The standard InChI is InChI=1S/C10H15N3O4/c11-9-6(4-14)3-13(10(16)12-9)8-2-1-7(5-15)17-8/h3,7-8,14-15H,1-2,4-5H2,(H2,11,12,16). The number of nitrogens with two attached hydrogens (primary N) is 1. The van der Waals surface area contributed by atoms with Crippen LogP contribution in [0.4, 0.5) is 5.82 Å². The van der Waals surface area contributed by atoms with Crippen LogP contribution in [0, 0.1) is 0 Å². The minimum absolute atomic E-state index is 0.0328. The second-order valence-corrected chi connectivity index (χ2v) is 3.97. The van der Waals surface area contributed by atoms with E-state index in [1.165, 1.54) is 10.8 Å². The van der Waals surface area contributed by atoms with Crippen molar-refractivity contribution in [3.05, 3.63) is 22.2 Å². The third kappa shape index (κ3) is 2.31. The zero-order chi connectivity index (χ0) is 12.4. The van der Waals surface area contributed by atoms with Gasteiger partial charge in [0.15, 0.2) is 0 Å². The smallest absolute Gasteiger partial charge is 0.351 e. The van der Waals surface area contributed by atoms with Gasteiger partial charge in [0.2, 0.25) is 0 Å². The van der Waals surface area contributed by atoms with Crippen molar-refractivity contribution in [3.8, 4) is 0 Å². The van der Waals surface area contributed by atoms with Crippen LogP contribution in [-0.4, -0.2) is 32.5 Å². The highest BCUT2D eigenvalue weighted by Gasteiger charge is 2.27. The summed E-state index contributed by atoms with van der Waals surface area (Å²) >= 11 is 0. The summed E-state index contributed by atoms with van der Waals surface area (Å²) in [7, 11) is 0. The van der Waals surface area contributed by atoms with E-state index in [1.807, 2.05) is 0 Å². The summed E-state index contributed by atoms with van der Waals surface area (Å²) < 4.78 is 6.77. The molecule has 1 saturated heterocycles. The largest absolute Gasteiger partial charge is 0.394 e. The maximum absolute atomic E-state index is 11.6. The number of aromatic nitrogens is 2. The molecule has 0 bridgehead atoms. The van der Waals surface area contributed by atoms with Gasteiger partial charge in [0.1, 0.15) is 12.0 Å². The van der Waals surface area contributed by atoms with Gasteiger partial charge in [0, 0.05) is 11.8 Å². The maximum atomic E-state index is 11.6. The van der Waals surface area contributed by atoms with Crippen molar-refractivity contribution in [3.63, 3.8) is 0 Å². The first-order chi connectivity index (χ1) is 8.15. The highest BCUT2D eigenvalue weighted by molar-refractivity contribution is 5.36. The fourth-order valence-corrected chi connectivity index (χ4v) is 1.88. The van der Waals surface area contributed by atoms with Gasteiger partial charge in [-0.25, -0.2) is 4.79 Å². The van der Waals surface area contributed by atoms with Crippen LogP contribution in [0.5, 0.6) is 0 Å². The lowest BCUT2D eigenvalue weighted by Gasteiger charge is -2.15. The first kappa shape index (κ1) is 12.0. The number of nitrogens with zero attached hydrogens (tertiary/aromatic N) is 2. The molecular weight excluding hydrogens is 226 g/mol.